The van der Waals surface area contributed by atoms with Crippen LogP contribution in [-0.4, -0.2) is 85.3 Å². The van der Waals surface area contributed by atoms with Gasteiger partial charge in [0.2, 0.25) is 11.8 Å². The third-order valence-corrected chi connectivity index (χ3v) is 8.05. The molecule has 168 valence electrons. The lowest BCUT2D eigenvalue weighted by atomic mass is 10.1. The van der Waals surface area contributed by atoms with Gasteiger partial charge in [-0.05, 0) is 30.7 Å². The van der Waals surface area contributed by atoms with E-state index in [1.165, 1.54) is 4.90 Å². The maximum absolute atomic E-state index is 13.3. The molecule has 0 bridgehead atoms. The number of piperazine rings is 1. The number of hydrogen-bond acceptors (Lipinski definition) is 7. The standard InChI is InChI=1S/C22H24N4O5S/c27-20(25-11-9-24(10-12-25)16-7-13-32(29,30)15-16)14-26-18-5-3-8-23-21(18)31-19-6-2-1-4-17(19)22(26)28/h1-6,8,16H,7,9-15H2. The first kappa shape index (κ1) is 20.9. The second-order valence-corrected chi connectivity index (χ2v) is 10.5. The van der Waals surface area contributed by atoms with Crippen LogP contribution in [0.2, 0.25) is 0 Å². The first-order valence-corrected chi connectivity index (χ1v) is 12.5. The highest BCUT2D eigenvalue weighted by atomic mass is 32.2. The monoisotopic (exact) mass is 456 g/mol. The van der Waals surface area contributed by atoms with Gasteiger partial charge in [-0.2, -0.15) is 0 Å². The highest BCUT2D eigenvalue weighted by Gasteiger charge is 2.36. The molecule has 3 aliphatic heterocycles. The fraction of sp³-hybridized carbons (Fsp3) is 0.409. The summed E-state index contributed by atoms with van der Waals surface area (Å²) in [6.07, 6.45) is 2.24. The Morgan fingerprint density at radius 2 is 1.88 bits per heavy atom. The molecule has 0 spiro atoms. The highest BCUT2D eigenvalue weighted by Crippen LogP contribution is 2.37. The van der Waals surface area contributed by atoms with Gasteiger partial charge < -0.3 is 9.64 Å². The van der Waals surface area contributed by atoms with Crippen molar-refractivity contribution >= 4 is 27.3 Å². The van der Waals surface area contributed by atoms with Gasteiger partial charge in [0.15, 0.2) is 9.84 Å². The summed E-state index contributed by atoms with van der Waals surface area (Å²) in [6.45, 7) is 2.15. The van der Waals surface area contributed by atoms with E-state index in [1.807, 2.05) is 0 Å². The Labute approximate surface area is 186 Å². The molecule has 1 aromatic carbocycles. The summed E-state index contributed by atoms with van der Waals surface area (Å²) in [5.41, 5.74) is 0.836. The zero-order chi connectivity index (χ0) is 22.3. The lowest BCUT2D eigenvalue weighted by molar-refractivity contribution is -0.131. The fourth-order valence-electron chi connectivity index (χ4n) is 4.55. The molecule has 0 saturated carbocycles. The van der Waals surface area contributed by atoms with Crippen LogP contribution in [0.25, 0.3) is 0 Å². The lowest BCUT2D eigenvalue weighted by Crippen LogP contribution is -2.54. The average Bonchev–Trinajstić information content (AvgIpc) is 3.12. The zero-order valence-corrected chi connectivity index (χ0v) is 18.3. The number of benzene rings is 1. The van der Waals surface area contributed by atoms with Gasteiger partial charge in [-0.25, -0.2) is 13.4 Å². The van der Waals surface area contributed by atoms with Crippen LogP contribution in [0, 0.1) is 0 Å². The van der Waals surface area contributed by atoms with Crippen molar-refractivity contribution in [1.29, 1.82) is 0 Å². The SMILES string of the molecule is O=C(CN1C(=O)c2ccccc2Oc2ncccc21)N1CCN(C2CCS(=O)(=O)C2)CC1. The van der Waals surface area contributed by atoms with Gasteiger partial charge in [0.1, 0.15) is 18.0 Å². The molecule has 1 atom stereocenters. The van der Waals surface area contributed by atoms with E-state index in [9.17, 15) is 18.0 Å². The number of fused-ring (bicyclic) bond motifs is 2. The Morgan fingerprint density at radius 3 is 2.62 bits per heavy atom. The molecule has 3 aliphatic rings. The van der Waals surface area contributed by atoms with Crippen molar-refractivity contribution in [2.24, 2.45) is 0 Å². The zero-order valence-electron chi connectivity index (χ0n) is 17.5. The summed E-state index contributed by atoms with van der Waals surface area (Å²) < 4.78 is 29.4. The Morgan fingerprint density at radius 1 is 1.09 bits per heavy atom. The van der Waals surface area contributed by atoms with Gasteiger partial charge in [0.25, 0.3) is 5.91 Å². The molecule has 32 heavy (non-hydrogen) atoms. The van der Waals surface area contributed by atoms with Crippen molar-refractivity contribution in [2.75, 3.05) is 49.1 Å². The molecule has 1 aromatic heterocycles. The summed E-state index contributed by atoms with van der Waals surface area (Å²) in [5, 5.41) is 0. The van der Waals surface area contributed by atoms with E-state index < -0.39 is 9.84 Å². The van der Waals surface area contributed by atoms with Crippen molar-refractivity contribution in [3.63, 3.8) is 0 Å². The van der Waals surface area contributed by atoms with E-state index in [2.05, 4.69) is 9.88 Å². The highest BCUT2D eigenvalue weighted by molar-refractivity contribution is 7.91. The third-order valence-electron chi connectivity index (χ3n) is 6.30. The normalized spacial score (nSPS) is 22.6. The molecule has 10 heteroatoms. The van der Waals surface area contributed by atoms with Crippen LogP contribution in [0.1, 0.15) is 16.8 Å². The van der Waals surface area contributed by atoms with Crippen molar-refractivity contribution in [2.45, 2.75) is 12.5 Å². The first-order chi connectivity index (χ1) is 15.4. The number of amides is 2. The lowest BCUT2D eigenvalue weighted by Gasteiger charge is -2.38. The molecule has 2 saturated heterocycles. The molecule has 9 nitrogen and oxygen atoms in total. The summed E-state index contributed by atoms with van der Waals surface area (Å²) in [6, 6.07) is 10.4. The van der Waals surface area contributed by atoms with Crippen LogP contribution in [0.15, 0.2) is 42.6 Å². The van der Waals surface area contributed by atoms with Gasteiger partial charge in [-0.15, -0.1) is 0 Å². The number of rotatable bonds is 3. The largest absolute Gasteiger partial charge is 0.436 e. The number of anilines is 1. The number of carbonyl (C=O) groups excluding carboxylic acids is 2. The van der Waals surface area contributed by atoms with Gasteiger partial charge in [-0.1, -0.05) is 12.1 Å². The Balaban J connectivity index is 1.30. The molecule has 0 radical (unpaired) electrons. The number of ether oxygens (including phenoxy) is 1. The number of para-hydroxylation sites is 1. The van der Waals surface area contributed by atoms with Crippen molar-refractivity contribution < 1.29 is 22.7 Å². The quantitative estimate of drug-likeness (QED) is 0.683. The molecule has 4 heterocycles. The Hall–Kier alpha value is -2.98. The predicted molar refractivity (Wildman–Crippen MR) is 118 cm³/mol. The maximum atomic E-state index is 13.3. The van der Waals surface area contributed by atoms with Crippen LogP contribution < -0.4 is 9.64 Å². The van der Waals surface area contributed by atoms with Gasteiger partial charge in [0, 0.05) is 38.4 Å². The van der Waals surface area contributed by atoms with E-state index in [0.717, 1.165) is 0 Å². The maximum Gasteiger partial charge on any atom is 0.262 e. The number of nitrogens with zero attached hydrogens (tertiary/aromatic N) is 4. The molecular weight excluding hydrogens is 432 g/mol. The topological polar surface area (TPSA) is 100 Å². The van der Waals surface area contributed by atoms with Crippen molar-refractivity contribution in [1.82, 2.24) is 14.8 Å². The van der Waals surface area contributed by atoms with Crippen molar-refractivity contribution in [3.05, 3.63) is 48.2 Å². The summed E-state index contributed by atoms with van der Waals surface area (Å²) >= 11 is 0. The number of aromatic nitrogens is 1. The molecule has 2 aromatic rings. The smallest absolute Gasteiger partial charge is 0.262 e. The van der Waals surface area contributed by atoms with E-state index in [4.69, 9.17) is 4.74 Å². The van der Waals surface area contributed by atoms with Gasteiger partial charge in [0.05, 0.1) is 17.1 Å². The van der Waals surface area contributed by atoms with E-state index >= 15 is 0 Å². The minimum atomic E-state index is -2.94. The van der Waals surface area contributed by atoms with E-state index in [1.54, 1.807) is 47.5 Å². The molecule has 2 amide bonds. The molecule has 0 aliphatic carbocycles. The predicted octanol–water partition coefficient (Wildman–Crippen LogP) is 1.17. The second-order valence-electron chi connectivity index (χ2n) is 8.29. The van der Waals surface area contributed by atoms with Crippen LogP contribution in [-0.2, 0) is 14.6 Å². The molecule has 1 unspecified atom stereocenters. The number of carbonyl (C=O) groups is 2. The van der Waals surface area contributed by atoms with Crippen molar-refractivity contribution in [3.8, 4) is 11.6 Å². The molecule has 0 N–H and O–H groups in total. The van der Waals surface area contributed by atoms with Gasteiger partial charge in [-0.3, -0.25) is 19.4 Å². The Bertz CT molecular complexity index is 1160. The van der Waals surface area contributed by atoms with Crippen LogP contribution >= 0.6 is 0 Å². The Kier molecular flexibility index (Phi) is 5.34. The minimum absolute atomic E-state index is 0.0380. The molecular formula is C22H24N4O5S. The minimum Gasteiger partial charge on any atom is -0.436 e. The second kappa shape index (κ2) is 8.18. The summed E-state index contributed by atoms with van der Waals surface area (Å²) in [7, 11) is -2.94. The van der Waals surface area contributed by atoms with Gasteiger partial charge >= 0.3 is 0 Å². The molecule has 5 rings (SSSR count). The number of sulfone groups is 1. The number of pyridine rings is 1. The van der Waals surface area contributed by atoms with Crippen LogP contribution in [0.5, 0.6) is 11.6 Å². The van der Waals surface area contributed by atoms with Crippen LogP contribution in [0.4, 0.5) is 5.69 Å². The summed E-state index contributed by atoms with van der Waals surface area (Å²) in [4.78, 5) is 36.0. The number of hydrogen-bond donors (Lipinski definition) is 0. The fourth-order valence-corrected chi connectivity index (χ4v) is 6.31. The average molecular weight is 457 g/mol. The first-order valence-electron chi connectivity index (χ1n) is 10.7. The molecule has 2 fully saturated rings. The van der Waals surface area contributed by atoms with Crippen LogP contribution in [0.3, 0.4) is 0 Å². The third kappa shape index (κ3) is 3.95. The van der Waals surface area contributed by atoms with E-state index in [0.29, 0.717) is 49.6 Å². The summed E-state index contributed by atoms with van der Waals surface area (Å²) in [5.74, 6) is 0.664. The van der Waals surface area contributed by atoms with E-state index in [-0.39, 0.29) is 41.8 Å².